The zero-order valence-electron chi connectivity index (χ0n) is 18.4. The molecule has 1 heterocycles. The summed E-state index contributed by atoms with van der Waals surface area (Å²) in [6.07, 6.45) is 1.70. The number of benzene rings is 3. The van der Waals surface area contributed by atoms with Crippen molar-refractivity contribution in [1.82, 2.24) is 10.2 Å². The average molecular weight is 442 g/mol. The predicted molar refractivity (Wildman–Crippen MR) is 129 cm³/mol. The minimum Gasteiger partial charge on any atom is -0.390 e. The summed E-state index contributed by atoms with van der Waals surface area (Å²) in [5.41, 5.74) is 5.50. The molecule has 0 spiro atoms. The fraction of sp³-hybridized carbons (Fsp3) is 0.259. The van der Waals surface area contributed by atoms with Crippen molar-refractivity contribution in [2.24, 2.45) is 4.99 Å². The van der Waals surface area contributed by atoms with Gasteiger partial charge in [0.05, 0.1) is 37.4 Å². The average Bonchev–Trinajstić information content (AvgIpc) is 3.18. The van der Waals surface area contributed by atoms with E-state index in [1.165, 1.54) is 0 Å². The molecule has 0 bridgehead atoms. The molecule has 5 rings (SSSR count). The largest absolute Gasteiger partial charge is 0.390 e. The van der Waals surface area contributed by atoms with Gasteiger partial charge in [-0.3, -0.25) is 4.79 Å². The number of morpholine rings is 1. The highest BCUT2D eigenvalue weighted by Gasteiger charge is 2.32. The van der Waals surface area contributed by atoms with Crippen LogP contribution in [0.3, 0.4) is 0 Å². The van der Waals surface area contributed by atoms with Crippen molar-refractivity contribution in [2.75, 3.05) is 26.3 Å². The number of nitrogens with one attached hydrogen (secondary N) is 1. The second kappa shape index (κ2) is 9.57. The highest BCUT2D eigenvalue weighted by Crippen LogP contribution is 2.34. The molecule has 168 valence electrons. The second-order valence-electron chi connectivity index (χ2n) is 8.44. The van der Waals surface area contributed by atoms with E-state index in [-0.39, 0.29) is 5.91 Å². The van der Waals surface area contributed by atoms with Gasteiger partial charge in [0.15, 0.2) is 0 Å². The first-order valence-corrected chi connectivity index (χ1v) is 11.3. The summed E-state index contributed by atoms with van der Waals surface area (Å²) in [5, 5.41) is 13.7. The van der Waals surface area contributed by atoms with Gasteiger partial charge in [-0.05, 0) is 46.5 Å². The number of aliphatic hydroxyl groups excluding tert-OH is 1. The van der Waals surface area contributed by atoms with Crippen molar-refractivity contribution in [3.8, 4) is 11.1 Å². The standard InChI is InChI=1S/C27H27N3O3/c31-25-16-22-10-11-23(28-18-30-12-14-33-15-13-30)17-24(22)26(25)29-27(32)21-8-6-20(7-9-21)19-4-2-1-3-5-19/h1-11,17-18,25-26,31H,12-16H2,(H,29,32)/t25-,26?/m1/s1. The second-order valence-corrected chi connectivity index (χ2v) is 8.44. The summed E-state index contributed by atoms with van der Waals surface area (Å²) in [7, 11) is 0. The van der Waals surface area contributed by atoms with Crippen LogP contribution in [0.1, 0.15) is 27.5 Å². The Bertz CT molecular complexity index is 1140. The summed E-state index contributed by atoms with van der Waals surface area (Å²) in [4.78, 5) is 19.7. The van der Waals surface area contributed by atoms with Crippen LogP contribution >= 0.6 is 0 Å². The van der Waals surface area contributed by atoms with Crippen LogP contribution < -0.4 is 5.32 Å². The number of fused-ring (bicyclic) bond motifs is 1. The molecule has 1 aliphatic carbocycles. The summed E-state index contributed by atoms with van der Waals surface area (Å²) < 4.78 is 5.37. The van der Waals surface area contributed by atoms with E-state index >= 15 is 0 Å². The number of carbonyl (C=O) groups excluding carboxylic acids is 1. The fourth-order valence-corrected chi connectivity index (χ4v) is 4.37. The monoisotopic (exact) mass is 441 g/mol. The molecule has 0 radical (unpaired) electrons. The van der Waals surface area contributed by atoms with E-state index in [0.717, 1.165) is 41.0 Å². The Morgan fingerprint density at radius 2 is 1.73 bits per heavy atom. The van der Waals surface area contributed by atoms with Crippen molar-refractivity contribution in [3.63, 3.8) is 0 Å². The number of aliphatic hydroxyl groups is 1. The Morgan fingerprint density at radius 3 is 2.48 bits per heavy atom. The first kappa shape index (κ1) is 21.4. The molecule has 6 nitrogen and oxygen atoms in total. The van der Waals surface area contributed by atoms with Gasteiger partial charge in [0.25, 0.3) is 5.91 Å². The molecular formula is C27H27N3O3. The molecule has 2 N–H and O–H groups in total. The number of aliphatic imine (C=N–C) groups is 1. The van der Waals surface area contributed by atoms with E-state index in [1.807, 2.05) is 79.1 Å². The molecule has 6 heteroatoms. The molecular weight excluding hydrogens is 414 g/mol. The zero-order chi connectivity index (χ0) is 22.6. The van der Waals surface area contributed by atoms with Crippen LogP contribution in [-0.4, -0.2) is 54.7 Å². The molecule has 2 aliphatic rings. The maximum Gasteiger partial charge on any atom is 0.251 e. The maximum absolute atomic E-state index is 13.0. The molecule has 0 aromatic heterocycles. The third kappa shape index (κ3) is 4.82. The molecule has 3 aromatic carbocycles. The van der Waals surface area contributed by atoms with E-state index in [1.54, 1.807) is 0 Å². The van der Waals surface area contributed by atoms with Crippen LogP contribution in [0.2, 0.25) is 0 Å². The van der Waals surface area contributed by atoms with Crippen molar-refractivity contribution >= 4 is 17.9 Å². The number of ether oxygens (including phenoxy) is 1. The summed E-state index contributed by atoms with van der Waals surface area (Å²) >= 11 is 0. The highest BCUT2D eigenvalue weighted by atomic mass is 16.5. The Labute approximate surface area is 193 Å². The third-order valence-corrected chi connectivity index (χ3v) is 6.23. The van der Waals surface area contributed by atoms with Gasteiger partial charge >= 0.3 is 0 Å². The van der Waals surface area contributed by atoms with Crippen molar-refractivity contribution in [3.05, 3.63) is 89.5 Å². The normalized spacial score (nSPS) is 20.1. The van der Waals surface area contributed by atoms with Gasteiger partial charge in [-0.25, -0.2) is 4.99 Å². The van der Waals surface area contributed by atoms with E-state index in [0.29, 0.717) is 25.2 Å². The van der Waals surface area contributed by atoms with Crippen LogP contribution in [0.5, 0.6) is 0 Å². The van der Waals surface area contributed by atoms with Crippen LogP contribution in [0.25, 0.3) is 11.1 Å². The number of rotatable bonds is 5. The van der Waals surface area contributed by atoms with Gasteiger partial charge < -0.3 is 20.1 Å². The van der Waals surface area contributed by atoms with E-state index in [4.69, 9.17) is 4.74 Å². The minimum absolute atomic E-state index is 0.200. The number of hydrogen-bond donors (Lipinski definition) is 2. The lowest BCUT2D eigenvalue weighted by Crippen LogP contribution is -2.35. The van der Waals surface area contributed by atoms with Gasteiger partial charge in [-0.15, -0.1) is 0 Å². The summed E-state index contributed by atoms with van der Waals surface area (Å²) in [5.74, 6) is -0.200. The molecule has 1 aliphatic heterocycles. The third-order valence-electron chi connectivity index (χ3n) is 6.23. The quantitative estimate of drug-likeness (QED) is 0.467. The Hall–Kier alpha value is -3.48. The van der Waals surface area contributed by atoms with Gasteiger partial charge in [-0.2, -0.15) is 0 Å². The SMILES string of the molecule is O=C(NC1c2cc(N=CN3CCOCC3)ccc2C[C@H]1O)c1ccc(-c2ccccc2)cc1. The van der Waals surface area contributed by atoms with Gasteiger partial charge in [-0.1, -0.05) is 48.5 Å². The van der Waals surface area contributed by atoms with E-state index in [9.17, 15) is 9.90 Å². The molecule has 2 atom stereocenters. The molecule has 3 aromatic rings. The molecule has 33 heavy (non-hydrogen) atoms. The van der Waals surface area contributed by atoms with Crippen LogP contribution in [0, 0.1) is 0 Å². The first-order valence-electron chi connectivity index (χ1n) is 11.3. The van der Waals surface area contributed by atoms with Crippen molar-refractivity contribution in [1.29, 1.82) is 0 Å². The van der Waals surface area contributed by atoms with Gasteiger partial charge in [0.1, 0.15) is 0 Å². The summed E-state index contributed by atoms with van der Waals surface area (Å²) in [6, 6.07) is 23.0. The lowest BCUT2D eigenvalue weighted by molar-refractivity contribution is 0.0701. The molecule has 1 amide bonds. The Kier molecular flexibility index (Phi) is 6.19. The number of hydrogen-bond acceptors (Lipinski definition) is 4. The highest BCUT2D eigenvalue weighted by molar-refractivity contribution is 5.95. The fourth-order valence-electron chi connectivity index (χ4n) is 4.37. The smallest absolute Gasteiger partial charge is 0.251 e. The van der Waals surface area contributed by atoms with Gasteiger partial charge in [0, 0.05) is 25.1 Å². The predicted octanol–water partition coefficient (Wildman–Crippen LogP) is 3.73. The van der Waals surface area contributed by atoms with E-state index < -0.39 is 12.1 Å². The maximum atomic E-state index is 13.0. The zero-order valence-corrected chi connectivity index (χ0v) is 18.4. The number of nitrogens with zero attached hydrogens (tertiary/aromatic N) is 2. The van der Waals surface area contributed by atoms with Crippen LogP contribution in [0.4, 0.5) is 5.69 Å². The molecule has 1 unspecified atom stereocenters. The summed E-state index contributed by atoms with van der Waals surface area (Å²) in [6.45, 7) is 3.08. The number of carbonyl (C=O) groups is 1. The lowest BCUT2D eigenvalue weighted by atomic mass is 10.0. The van der Waals surface area contributed by atoms with Crippen LogP contribution in [0.15, 0.2) is 77.8 Å². The molecule has 1 fully saturated rings. The topological polar surface area (TPSA) is 74.2 Å². The van der Waals surface area contributed by atoms with E-state index in [2.05, 4.69) is 15.2 Å². The van der Waals surface area contributed by atoms with Crippen molar-refractivity contribution in [2.45, 2.75) is 18.6 Å². The first-order chi connectivity index (χ1) is 16.2. The minimum atomic E-state index is -0.661. The molecule has 0 saturated carbocycles. The Morgan fingerprint density at radius 1 is 1.00 bits per heavy atom. The lowest BCUT2D eigenvalue weighted by Gasteiger charge is -2.24. The van der Waals surface area contributed by atoms with Crippen molar-refractivity contribution < 1.29 is 14.6 Å². The van der Waals surface area contributed by atoms with Crippen LogP contribution in [-0.2, 0) is 11.2 Å². The number of amides is 1. The Balaban J connectivity index is 1.30. The van der Waals surface area contributed by atoms with Gasteiger partial charge in [0.2, 0.25) is 0 Å². The molecule has 1 saturated heterocycles.